The molecule has 1 nitrogen and oxygen atoms in total. The van der Waals surface area contributed by atoms with E-state index in [-0.39, 0.29) is 16.6 Å². The number of halogens is 7. The lowest BCUT2D eigenvalue weighted by Crippen LogP contribution is -2.48. The van der Waals surface area contributed by atoms with Crippen LogP contribution in [0.15, 0.2) is 18.2 Å². The summed E-state index contributed by atoms with van der Waals surface area (Å²) in [5, 5.41) is 1.92. The molecule has 0 bridgehead atoms. The lowest BCUT2D eigenvalue weighted by atomic mass is 10.00. The van der Waals surface area contributed by atoms with Gasteiger partial charge in [-0.15, -0.1) is 0 Å². The first kappa shape index (κ1) is 16.5. The van der Waals surface area contributed by atoms with E-state index in [1.165, 1.54) is 19.1 Å². The molecule has 19 heavy (non-hydrogen) atoms. The summed E-state index contributed by atoms with van der Waals surface area (Å²) < 4.78 is 64.4. The normalized spacial score (nSPS) is 14.5. The maximum atomic E-state index is 13.5. The summed E-state index contributed by atoms with van der Waals surface area (Å²) in [4.78, 5) is 0. The van der Waals surface area contributed by atoms with Crippen molar-refractivity contribution in [3.8, 4) is 0 Å². The topological polar surface area (TPSA) is 12.0 Å². The minimum absolute atomic E-state index is 0.0280. The zero-order valence-corrected chi connectivity index (χ0v) is 11.2. The van der Waals surface area contributed by atoms with E-state index in [0.29, 0.717) is 0 Å². The summed E-state index contributed by atoms with van der Waals surface area (Å²) in [6.45, 7) is 1.33. The van der Waals surface area contributed by atoms with Gasteiger partial charge in [-0.3, -0.25) is 0 Å². The average Bonchev–Trinajstić information content (AvgIpc) is 2.28. The van der Waals surface area contributed by atoms with Crippen molar-refractivity contribution in [3.63, 3.8) is 0 Å². The Bertz CT molecular complexity index is 447. The molecule has 0 spiro atoms. The van der Waals surface area contributed by atoms with Crippen LogP contribution in [0.3, 0.4) is 0 Å². The van der Waals surface area contributed by atoms with Crippen LogP contribution >= 0.6 is 23.2 Å². The van der Waals surface area contributed by atoms with Crippen molar-refractivity contribution in [2.24, 2.45) is 0 Å². The number of rotatable bonds is 4. The Hall–Kier alpha value is -0.590. The molecule has 0 aliphatic carbocycles. The molecule has 0 saturated carbocycles. The van der Waals surface area contributed by atoms with Gasteiger partial charge in [0, 0.05) is 10.0 Å². The Kier molecular flexibility index (Phi) is 5.03. The third kappa shape index (κ3) is 3.49. The third-order valence-electron chi connectivity index (χ3n) is 2.42. The highest BCUT2D eigenvalue weighted by atomic mass is 35.5. The molecule has 1 rings (SSSR count). The Morgan fingerprint density at radius 3 is 2.21 bits per heavy atom. The van der Waals surface area contributed by atoms with Gasteiger partial charge in [-0.2, -0.15) is 22.0 Å². The van der Waals surface area contributed by atoms with Crippen molar-refractivity contribution in [2.45, 2.75) is 25.1 Å². The van der Waals surface area contributed by atoms with Crippen LogP contribution in [0, 0.1) is 0 Å². The summed E-state index contributed by atoms with van der Waals surface area (Å²) in [7, 11) is 0. The highest BCUT2D eigenvalue weighted by Crippen LogP contribution is 2.46. The Balaban J connectivity index is 3.32. The largest absolute Gasteiger partial charge is 0.455 e. The van der Waals surface area contributed by atoms with Gasteiger partial charge in [0.05, 0.1) is 0 Å². The van der Waals surface area contributed by atoms with Gasteiger partial charge in [0.15, 0.2) is 0 Å². The van der Waals surface area contributed by atoms with Gasteiger partial charge in [-0.1, -0.05) is 30.1 Å². The minimum Gasteiger partial charge on any atom is -0.305 e. The third-order valence-corrected chi connectivity index (χ3v) is 3.00. The van der Waals surface area contributed by atoms with E-state index in [9.17, 15) is 22.0 Å². The van der Waals surface area contributed by atoms with Crippen LogP contribution in [0.25, 0.3) is 0 Å². The van der Waals surface area contributed by atoms with Crippen LogP contribution in [0.4, 0.5) is 22.0 Å². The second-order valence-corrected chi connectivity index (χ2v) is 4.62. The summed E-state index contributed by atoms with van der Waals surface area (Å²) in [6.07, 6.45) is -5.69. The average molecular weight is 322 g/mol. The van der Waals surface area contributed by atoms with Crippen LogP contribution in [-0.4, -0.2) is 18.6 Å². The minimum atomic E-state index is -5.69. The summed E-state index contributed by atoms with van der Waals surface area (Å²) in [6, 6.07) is 1.19. The number of hydrogen-bond acceptors (Lipinski definition) is 1. The summed E-state index contributed by atoms with van der Waals surface area (Å²) in [5.74, 6) is -4.96. The molecule has 0 saturated heterocycles. The van der Waals surface area contributed by atoms with Gasteiger partial charge in [0.1, 0.15) is 6.04 Å². The molecule has 108 valence electrons. The maximum absolute atomic E-state index is 13.5. The van der Waals surface area contributed by atoms with Gasteiger partial charge in [-0.05, 0) is 30.3 Å². The fourth-order valence-electron chi connectivity index (χ4n) is 1.54. The lowest BCUT2D eigenvalue weighted by Gasteiger charge is -2.30. The number of nitrogens with one attached hydrogen (secondary N) is 1. The molecule has 0 amide bonds. The first-order valence-corrected chi connectivity index (χ1v) is 5.99. The molecule has 1 unspecified atom stereocenters. The molecule has 0 aliphatic rings. The van der Waals surface area contributed by atoms with Gasteiger partial charge in [0.2, 0.25) is 0 Å². The second kappa shape index (κ2) is 5.81. The molecule has 1 N–H and O–H groups in total. The van der Waals surface area contributed by atoms with Gasteiger partial charge in [-0.25, -0.2) is 0 Å². The van der Waals surface area contributed by atoms with Crippen molar-refractivity contribution < 1.29 is 22.0 Å². The molecule has 8 heteroatoms. The van der Waals surface area contributed by atoms with Crippen LogP contribution in [0.1, 0.15) is 18.5 Å². The maximum Gasteiger partial charge on any atom is 0.455 e. The number of benzene rings is 1. The molecule has 0 radical (unpaired) electrons. The quantitative estimate of drug-likeness (QED) is 0.782. The first-order chi connectivity index (χ1) is 8.61. The second-order valence-electron chi connectivity index (χ2n) is 3.78. The van der Waals surface area contributed by atoms with Crippen LogP contribution in [0.5, 0.6) is 0 Å². The standard InChI is InChI=1S/C11H10Cl2F5N/c1-2-19-9(10(14,15)11(16,17)18)7-5-6(12)3-4-8(7)13/h3-5,9,19H,2H2,1H3. The van der Waals surface area contributed by atoms with Crippen LogP contribution < -0.4 is 5.32 Å². The van der Waals surface area contributed by atoms with Crippen molar-refractivity contribution >= 4 is 23.2 Å². The predicted molar refractivity (Wildman–Crippen MR) is 63.9 cm³/mol. The molecule has 1 aromatic carbocycles. The van der Waals surface area contributed by atoms with E-state index in [0.717, 1.165) is 6.07 Å². The van der Waals surface area contributed by atoms with Crippen LogP contribution in [-0.2, 0) is 0 Å². The van der Waals surface area contributed by atoms with E-state index in [2.05, 4.69) is 5.32 Å². The molecule has 0 aliphatic heterocycles. The van der Waals surface area contributed by atoms with E-state index < -0.39 is 23.7 Å². The Morgan fingerprint density at radius 2 is 1.74 bits per heavy atom. The Labute approximate surface area is 116 Å². The SMILES string of the molecule is CCNC(c1cc(Cl)ccc1Cl)C(F)(F)C(F)(F)F. The lowest BCUT2D eigenvalue weighted by molar-refractivity contribution is -0.294. The van der Waals surface area contributed by atoms with Crippen molar-refractivity contribution in [2.75, 3.05) is 6.54 Å². The number of alkyl halides is 5. The Morgan fingerprint density at radius 1 is 1.16 bits per heavy atom. The van der Waals surface area contributed by atoms with E-state index >= 15 is 0 Å². The zero-order chi connectivity index (χ0) is 14.8. The summed E-state index contributed by atoms with van der Waals surface area (Å²) >= 11 is 11.3. The van der Waals surface area contributed by atoms with Crippen LogP contribution in [0.2, 0.25) is 10.0 Å². The fourth-order valence-corrected chi connectivity index (χ4v) is 1.94. The predicted octanol–water partition coefficient (Wildman–Crippen LogP) is 4.84. The van der Waals surface area contributed by atoms with E-state index in [4.69, 9.17) is 23.2 Å². The van der Waals surface area contributed by atoms with Gasteiger partial charge in [0.25, 0.3) is 0 Å². The van der Waals surface area contributed by atoms with E-state index in [1.807, 2.05) is 0 Å². The fraction of sp³-hybridized carbons (Fsp3) is 0.455. The molecular formula is C11H10Cl2F5N. The van der Waals surface area contributed by atoms with E-state index in [1.54, 1.807) is 0 Å². The molecule has 0 heterocycles. The monoisotopic (exact) mass is 321 g/mol. The first-order valence-electron chi connectivity index (χ1n) is 5.24. The number of hydrogen-bond donors (Lipinski definition) is 1. The highest BCUT2D eigenvalue weighted by molar-refractivity contribution is 6.33. The summed E-state index contributed by atoms with van der Waals surface area (Å²) in [5.41, 5.74) is -0.390. The smallest absolute Gasteiger partial charge is 0.305 e. The van der Waals surface area contributed by atoms with Crippen molar-refractivity contribution in [3.05, 3.63) is 33.8 Å². The highest BCUT2D eigenvalue weighted by Gasteiger charge is 2.62. The molecule has 0 fully saturated rings. The van der Waals surface area contributed by atoms with Crippen molar-refractivity contribution in [1.29, 1.82) is 0 Å². The zero-order valence-electron chi connectivity index (χ0n) is 9.66. The molecule has 0 aromatic heterocycles. The molecule has 1 atom stereocenters. The van der Waals surface area contributed by atoms with Crippen molar-refractivity contribution in [1.82, 2.24) is 5.32 Å². The van der Waals surface area contributed by atoms with Gasteiger partial charge < -0.3 is 5.32 Å². The van der Waals surface area contributed by atoms with Gasteiger partial charge >= 0.3 is 12.1 Å². The molecule has 1 aromatic rings. The molecular weight excluding hydrogens is 312 g/mol.